The molecule has 25 heavy (non-hydrogen) atoms. The number of benzene rings is 1. The van der Waals surface area contributed by atoms with E-state index < -0.39 is 14.9 Å². The molecule has 1 N–H and O–H groups in total. The van der Waals surface area contributed by atoms with Crippen LogP contribution in [0.25, 0.3) is 0 Å². The molecule has 0 bridgehead atoms. The predicted molar refractivity (Wildman–Crippen MR) is 97.0 cm³/mol. The monoisotopic (exact) mass is 369 g/mol. The number of hydrogen-bond donors (Lipinski definition) is 1. The van der Waals surface area contributed by atoms with Gasteiger partial charge in [0.15, 0.2) is 0 Å². The van der Waals surface area contributed by atoms with Crippen LogP contribution in [0.1, 0.15) is 39.5 Å². The number of rotatable bonds is 8. The molecule has 1 unspecified atom stereocenters. The molecule has 1 aliphatic rings. The first kappa shape index (κ1) is 19.8. The predicted octanol–water partition coefficient (Wildman–Crippen LogP) is 2.77. The first-order chi connectivity index (χ1) is 11.8. The molecule has 140 valence electrons. The number of hydrogen-bond acceptors (Lipinski definition) is 5. The first-order valence-corrected chi connectivity index (χ1v) is 10.3. The lowest BCUT2D eigenvalue weighted by molar-refractivity contribution is -0.385. The van der Waals surface area contributed by atoms with Gasteiger partial charge in [-0.25, -0.2) is 13.1 Å². The number of nitro benzene ring substituents is 1. The van der Waals surface area contributed by atoms with E-state index in [1.165, 1.54) is 24.6 Å². The largest absolute Gasteiger partial charge is 0.299 e. The Hall–Kier alpha value is -1.51. The average molecular weight is 369 g/mol. The molecule has 8 heteroatoms. The lowest BCUT2D eigenvalue weighted by Crippen LogP contribution is -2.46. The van der Waals surface area contributed by atoms with Crippen molar-refractivity contribution in [2.45, 2.75) is 50.5 Å². The average Bonchev–Trinajstić information content (AvgIpc) is 2.59. The van der Waals surface area contributed by atoms with Crippen LogP contribution in [0.15, 0.2) is 29.2 Å². The SMILES string of the molecule is CC(C)CC(CNS(=O)(=O)c1cccc([N+](=O)[O-])c1)N1CCCCC1. The fraction of sp³-hybridized carbons (Fsp3) is 0.647. The lowest BCUT2D eigenvalue weighted by atomic mass is 10.00. The molecule has 1 aliphatic heterocycles. The minimum Gasteiger partial charge on any atom is -0.299 e. The molecule has 0 saturated carbocycles. The van der Waals surface area contributed by atoms with Gasteiger partial charge in [-0.15, -0.1) is 0 Å². The zero-order valence-corrected chi connectivity index (χ0v) is 15.7. The molecule has 0 aromatic heterocycles. The Balaban J connectivity index is 2.09. The summed E-state index contributed by atoms with van der Waals surface area (Å²) in [6.45, 7) is 6.58. The van der Waals surface area contributed by atoms with Crippen molar-refractivity contribution < 1.29 is 13.3 Å². The van der Waals surface area contributed by atoms with Crippen molar-refractivity contribution >= 4 is 15.7 Å². The topological polar surface area (TPSA) is 92.5 Å². The molecule has 2 rings (SSSR count). The smallest absolute Gasteiger partial charge is 0.270 e. The van der Waals surface area contributed by atoms with Gasteiger partial charge in [0.2, 0.25) is 10.0 Å². The molecule has 1 aromatic rings. The van der Waals surface area contributed by atoms with Crippen LogP contribution in [0.3, 0.4) is 0 Å². The Morgan fingerprint density at radius 3 is 2.52 bits per heavy atom. The van der Waals surface area contributed by atoms with Gasteiger partial charge < -0.3 is 0 Å². The second-order valence-corrected chi connectivity index (χ2v) is 8.75. The van der Waals surface area contributed by atoms with Gasteiger partial charge in [-0.1, -0.05) is 26.3 Å². The second-order valence-electron chi connectivity index (χ2n) is 6.99. The van der Waals surface area contributed by atoms with Crippen LogP contribution in [-0.2, 0) is 10.0 Å². The molecule has 1 atom stereocenters. The highest BCUT2D eigenvalue weighted by Gasteiger charge is 2.24. The van der Waals surface area contributed by atoms with Crippen LogP contribution in [0, 0.1) is 16.0 Å². The standard InChI is InChI=1S/C17H27N3O4S/c1-14(2)11-16(19-9-4-3-5-10-19)13-18-25(23,24)17-8-6-7-15(12-17)20(21)22/h6-8,12,14,16,18H,3-5,9-11,13H2,1-2H3. The molecule has 0 spiro atoms. The van der Waals surface area contributed by atoms with Gasteiger partial charge in [-0.3, -0.25) is 15.0 Å². The molecule has 7 nitrogen and oxygen atoms in total. The highest BCUT2D eigenvalue weighted by molar-refractivity contribution is 7.89. The Morgan fingerprint density at radius 2 is 1.92 bits per heavy atom. The van der Waals surface area contributed by atoms with E-state index in [1.807, 2.05) is 0 Å². The fourth-order valence-electron chi connectivity index (χ4n) is 3.24. The summed E-state index contributed by atoms with van der Waals surface area (Å²) < 4.78 is 27.7. The van der Waals surface area contributed by atoms with E-state index >= 15 is 0 Å². The quantitative estimate of drug-likeness (QED) is 0.562. The molecule has 1 aromatic carbocycles. The van der Waals surface area contributed by atoms with Gasteiger partial charge in [-0.05, 0) is 44.3 Å². The maximum absolute atomic E-state index is 12.5. The number of sulfonamides is 1. The van der Waals surface area contributed by atoms with Gasteiger partial charge in [0, 0.05) is 24.7 Å². The molecular formula is C17H27N3O4S. The Morgan fingerprint density at radius 1 is 1.24 bits per heavy atom. The fourth-order valence-corrected chi connectivity index (χ4v) is 4.35. The van der Waals surface area contributed by atoms with Crippen LogP contribution in [0.5, 0.6) is 0 Å². The van der Waals surface area contributed by atoms with E-state index in [2.05, 4.69) is 23.5 Å². The summed E-state index contributed by atoms with van der Waals surface area (Å²) >= 11 is 0. The third-order valence-electron chi connectivity index (χ3n) is 4.50. The highest BCUT2D eigenvalue weighted by Crippen LogP contribution is 2.20. The Kier molecular flexibility index (Phi) is 6.92. The van der Waals surface area contributed by atoms with E-state index in [1.54, 1.807) is 0 Å². The first-order valence-electron chi connectivity index (χ1n) is 8.78. The summed E-state index contributed by atoms with van der Waals surface area (Å²) in [7, 11) is -3.77. The van der Waals surface area contributed by atoms with Crippen LogP contribution < -0.4 is 4.72 Å². The molecule has 0 radical (unpaired) electrons. The summed E-state index contributed by atoms with van der Waals surface area (Å²) in [5, 5.41) is 10.9. The maximum Gasteiger partial charge on any atom is 0.270 e. The van der Waals surface area contributed by atoms with E-state index in [4.69, 9.17) is 0 Å². The Bertz CT molecular complexity index is 685. The van der Waals surface area contributed by atoms with Crippen molar-refractivity contribution in [3.63, 3.8) is 0 Å². The number of nitrogens with one attached hydrogen (secondary N) is 1. The van der Waals surface area contributed by atoms with E-state index in [9.17, 15) is 18.5 Å². The minimum atomic E-state index is -3.77. The van der Waals surface area contributed by atoms with Gasteiger partial charge in [0.1, 0.15) is 0 Å². The third kappa shape index (κ3) is 5.76. The third-order valence-corrected chi connectivity index (χ3v) is 5.92. The Labute approximate surface area is 149 Å². The van der Waals surface area contributed by atoms with E-state index in [0.29, 0.717) is 12.5 Å². The molecule has 1 saturated heterocycles. The molecule has 1 fully saturated rings. The van der Waals surface area contributed by atoms with Crippen molar-refractivity contribution in [2.75, 3.05) is 19.6 Å². The summed E-state index contributed by atoms with van der Waals surface area (Å²) in [5.41, 5.74) is -0.224. The number of nitrogens with zero attached hydrogens (tertiary/aromatic N) is 2. The number of non-ortho nitro benzene ring substituents is 1. The van der Waals surface area contributed by atoms with Gasteiger partial charge >= 0.3 is 0 Å². The summed E-state index contributed by atoms with van der Waals surface area (Å²) in [6, 6.07) is 5.31. The van der Waals surface area contributed by atoms with Crippen molar-refractivity contribution in [1.82, 2.24) is 9.62 Å². The van der Waals surface area contributed by atoms with Gasteiger partial charge in [0.25, 0.3) is 5.69 Å². The number of piperidine rings is 1. The molecule has 0 aliphatic carbocycles. The summed E-state index contributed by atoms with van der Waals surface area (Å²) in [5.74, 6) is 0.467. The molecular weight excluding hydrogens is 342 g/mol. The van der Waals surface area contributed by atoms with E-state index in [-0.39, 0.29) is 16.6 Å². The van der Waals surface area contributed by atoms with Crippen molar-refractivity contribution in [3.8, 4) is 0 Å². The molecule has 0 amide bonds. The summed E-state index contributed by atoms with van der Waals surface area (Å²) in [4.78, 5) is 12.6. The van der Waals surface area contributed by atoms with Gasteiger partial charge in [0.05, 0.1) is 9.82 Å². The van der Waals surface area contributed by atoms with Crippen molar-refractivity contribution in [2.24, 2.45) is 5.92 Å². The summed E-state index contributed by atoms with van der Waals surface area (Å²) in [6.07, 6.45) is 4.43. The second kappa shape index (κ2) is 8.73. The van der Waals surface area contributed by atoms with Crippen LogP contribution in [-0.4, -0.2) is 43.9 Å². The normalized spacial score (nSPS) is 17.6. The van der Waals surface area contributed by atoms with Crippen LogP contribution in [0.2, 0.25) is 0 Å². The number of likely N-dealkylation sites (tertiary alicyclic amines) is 1. The van der Waals surface area contributed by atoms with Crippen LogP contribution >= 0.6 is 0 Å². The maximum atomic E-state index is 12.5. The zero-order valence-electron chi connectivity index (χ0n) is 14.8. The number of nitro groups is 1. The highest BCUT2D eigenvalue weighted by atomic mass is 32.2. The van der Waals surface area contributed by atoms with Crippen molar-refractivity contribution in [3.05, 3.63) is 34.4 Å². The zero-order chi connectivity index (χ0) is 18.4. The van der Waals surface area contributed by atoms with Crippen LogP contribution in [0.4, 0.5) is 5.69 Å². The minimum absolute atomic E-state index is 0.0661. The van der Waals surface area contributed by atoms with Crippen molar-refractivity contribution in [1.29, 1.82) is 0 Å². The lowest BCUT2D eigenvalue weighted by Gasteiger charge is -2.35. The van der Waals surface area contributed by atoms with Gasteiger partial charge in [-0.2, -0.15) is 0 Å². The molecule has 1 heterocycles. The van der Waals surface area contributed by atoms with E-state index in [0.717, 1.165) is 38.4 Å².